The average Bonchev–Trinajstić information content (AvgIpc) is 3.00. The standard InChI is InChI=1S/C39H57N3O3S/c1-34(2)29-13-16-39(7)31(37(29,5)15-14-30(34)44)28(43)23-26-27-24-36(4,18-17-35(27,3)19-20-38(26,39)6)32(45)40-21-22-41-33(46)42-25-11-9-8-10-12-25/h8-12,23,27,29-31,44H,13-22,24H2,1-7H3,(H,40,45)(H2,41,42,46)/t27-,29-,30-,31+,35+,36-,37-,38+,39+/m0/s1. The fraction of sp³-hybridized carbons (Fsp3) is 0.718. The molecule has 5 aliphatic rings. The monoisotopic (exact) mass is 647 g/mol. The normalized spacial score (nSPS) is 42.7. The number of aliphatic hydroxyl groups is 1. The Morgan fingerprint density at radius 3 is 2.28 bits per heavy atom. The number of ketones is 1. The summed E-state index contributed by atoms with van der Waals surface area (Å²) < 4.78 is 0. The Labute approximate surface area is 282 Å². The molecule has 0 heterocycles. The summed E-state index contributed by atoms with van der Waals surface area (Å²) >= 11 is 5.44. The fourth-order valence-corrected chi connectivity index (χ4v) is 11.9. The van der Waals surface area contributed by atoms with Gasteiger partial charge in [0.25, 0.3) is 0 Å². The summed E-state index contributed by atoms with van der Waals surface area (Å²) in [5.41, 5.74) is 1.36. The number of anilines is 1. The van der Waals surface area contributed by atoms with Gasteiger partial charge in [-0.25, -0.2) is 0 Å². The maximum atomic E-state index is 14.6. The summed E-state index contributed by atoms with van der Waals surface area (Å²) in [5.74, 6) is 0.929. The van der Waals surface area contributed by atoms with Crippen molar-refractivity contribution in [2.45, 2.75) is 112 Å². The molecule has 0 saturated heterocycles. The highest BCUT2D eigenvalue weighted by Crippen LogP contribution is 2.75. The first-order valence-electron chi connectivity index (χ1n) is 17.8. The molecule has 9 atom stereocenters. The van der Waals surface area contributed by atoms with Gasteiger partial charge in [0.2, 0.25) is 5.91 Å². The lowest BCUT2D eigenvalue weighted by Crippen LogP contribution is -2.66. The third-order valence-electron chi connectivity index (χ3n) is 14.8. The Bertz CT molecular complexity index is 1430. The van der Waals surface area contributed by atoms with Gasteiger partial charge in [-0.3, -0.25) is 9.59 Å². The molecule has 6 nitrogen and oxygen atoms in total. The van der Waals surface area contributed by atoms with E-state index in [1.54, 1.807) is 0 Å². The molecule has 4 fully saturated rings. The van der Waals surface area contributed by atoms with Crippen molar-refractivity contribution in [1.29, 1.82) is 0 Å². The van der Waals surface area contributed by atoms with E-state index < -0.39 is 5.41 Å². The van der Waals surface area contributed by atoms with Crippen LogP contribution < -0.4 is 16.0 Å². The molecule has 0 spiro atoms. The summed E-state index contributed by atoms with van der Waals surface area (Å²) in [6.45, 7) is 17.3. The zero-order valence-electron chi connectivity index (χ0n) is 29.2. The predicted octanol–water partition coefficient (Wildman–Crippen LogP) is 7.43. The van der Waals surface area contributed by atoms with Crippen molar-refractivity contribution in [2.75, 3.05) is 18.4 Å². The highest BCUT2D eigenvalue weighted by atomic mass is 32.1. The topological polar surface area (TPSA) is 90.5 Å². The summed E-state index contributed by atoms with van der Waals surface area (Å²) in [4.78, 5) is 28.4. The first kappa shape index (κ1) is 33.6. The summed E-state index contributed by atoms with van der Waals surface area (Å²) in [6, 6.07) is 9.82. The highest BCUT2D eigenvalue weighted by molar-refractivity contribution is 7.80. The summed E-state index contributed by atoms with van der Waals surface area (Å²) in [5, 5.41) is 21.2. The number of rotatable bonds is 5. The number of thiocarbonyl (C=S) groups is 1. The molecule has 5 aliphatic carbocycles. The second kappa shape index (κ2) is 11.4. The minimum atomic E-state index is -0.486. The van der Waals surface area contributed by atoms with Crippen LogP contribution in [0, 0.1) is 50.2 Å². The van der Waals surface area contributed by atoms with Crippen LogP contribution in [-0.2, 0) is 9.59 Å². The van der Waals surface area contributed by atoms with Crippen LogP contribution >= 0.6 is 12.2 Å². The number of amides is 1. The van der Waals surface area contributed by atoms with E-state index >= 15 is 0 Å². The van der Waals surface area contributed by atoms with Gasteiger partial charge in [-0.2, -0.15) is 0 Å². The van der Waals surface area contributed by atoms with E-state index in [0.717, 1.165) is 63.5 Å². The molecule has 1 aromatic rings. The van der Waals surface area contributed by atoms with Crippen LogP contribution in [0.4, 0.5) is 5.69 Å². The number of hydrogen-bond acceptors (Lipinski definition) is 4. The van der Waals surface area contributed by atoms with E-state index in [1.165, 1.54) is 5.57 Å². The number of fused-ring (bicyclic) bond motifs is 7. The number of allylic oxidation sites excluding steroid dienone is 2. The van der Waals surface area contributed by atoms with Gasteiger partial charge >= 0.3 is 0 Å². The maximum Gasteiger partial charge on any atom is 0.226 e. The Morgan fingerprint density at radius 2 is 1.57 bits per heavy atom. The summed E-state index contributed by atoms with van der Waals surface area (Å²) in [6.07, 6.45) is 10.4. The molecule has 1 amide bonds. The van der Waals surface area contributed by atoms with Crippen molar-refractivity contribution in [3.05, 3.63) is 42.0 Å². The third kappa shape index (κ3) is 5.09. The van der Waals surface area contributed by atoms with E-state index in [4.69, 9.17) is 12.2 Å². The lowest BCUT2D eigenvalue weighted by atomic mass is 9.33. The minimum absolute atomic E-state index is 0.0307. The highest BCUT2D eigenvalue weighted by Gasteiger charge is 2.70. The molecule has 0 aromatic heterocycles. The molecule has 0 bridgehead atoms. The van der Waals surface area contributed by atoms with E-state index in [9.17, 15) is 14.7 Å². The van der Waals surface area contributed by atoms with Crippen LogP contribution in [0.25, 0.3) is 0 Å². The molecule has 4 saturated carbocycles. The Hall–Kier alpha value is -2.25. The minimum Gasteiger partial charge on any atom is -0.393 e. The van der Waals surface area contributed by atoms with Crippen molar-refractivity contribution in [1.82, 2.24) is 10.6 Å². The Kier molecular flexibility index (Phi) is 8.36. The summed E-state index contributed by atoms with van der Waals surface area (Å²) in [7, 11) is 0. The van der Waals surface area contributed by atoms with Gasteiger partial charge in [-0.1, -0.05) is 72.2 Å². The molecular weight excluding hydrogens is 591 g/mol. The van der Waals surface area contributed by atoms with Crippen LogP contribution in [0.15, 0.2) is 42.0 Å². The number of para-hydroxylation sites is 1. The Morgan fingerprint density at radius 1 is 0.891 bits per heavy atom. The van der Waals surface area contributed by atoms with Crippen LogP contribution in [-0.4, -0.2) is 41.1 Å². The molecular formula is C39H57N3O3S. The Balaban J connectivity index is 1.19. The first-order chi connectivity index (χ1) is 21.5. The van der Waals surface area contributed by atoms with Crippen LogP contribution in [0.3, 0.4) is 0 Å². The van der Waals surface area contributed by atoms with Gasteiger partial charge < -0.3 is 21.1 Å². The van der Waals surface area contributed by atoms with E-state index in [1.807, 2.05) is 30.3 Å². The first-order valence-corrected chi connectivity index (χ1v) is 18.2. The zero-order valence-corrected chi connectivity index (χ0v) is 30.0. The lowest BCUT2D eigenvalue weighted by Gasteiger charge is -2.70. The van der Waals surface area contributed by atoms with Crippen LogP contribution in [0.5, 0.6) is 0 Å². The third-order valence-corrected chi connectivity index (χ3v) is 15.1. The van der Waals surface area contributed by atoms with Crippen LogP contribution in [0.2, 0.25) is 0 Å². The van der Waals surface area contributed by atoms with Crippen molar-refractivity contribution < 1.29 is 14.7 Å². The van der Waals surface area contributed by atoms with Gasteiger partial charge in [0.1, 0.15) is 0 Å². The van der Waals surface area contributed by atoms with Crippen molar-refractivity contribution >= 4 is 34.7 Å². The van der Waals surface area contributed by atoms with Crippen molar-refractivity contribution in [3.8, 4) is 0 Å². The second-order valence-corrected chi connectivity index (χ2v) is 18.0. The van der Waals surface area contributed by atoms with Gasteiger partial charge in [0, 0.05) is 30.1 Å². The molecule has 6 rings (SSSR count). The van der Waals surface area contributed by atoms with Gasteiger partial charge in [0.05, 0.1) is 6.10 Å². The number of carbonyl (C=O) groups excluding carboxylic acids is 2. The van der Waals surface area contributed by atoms with Gasteiger partial charge in [-0.15, -0.1) is 0 Å². The molecule has 4 N–H and O–H groups in total. The fourth-order valence-electron chi connectivity index (χ4n) is 11.6. The number of nitrogens with one attached hydrogen (secondary N) is 3. The molecule has 252 valence electrons. The van der Waals surface area contributed by atoms with Gasteiger partial charge in [0.15, 0.2) is 10.9 Å². The largest absolute Gasteiger partial charge is 0.393 e. The molecule has 0 aliphatic heterocycles. The maximum absolute atomic E-state index is 14.6. The van der Waals surface area contributed by atoms with Crippen LogP contribution in [0.1, 0.15) is 106 Å². The molecule has 1 aromatic carbocycles. The van der Waals surface area contributed by atoms with Crippen molar-refractivity contribution in [2.24, 2.45) is 50.2 Å². The lowest BCUT2D eigenvalue weighted by molar-refractivity contribution is -0.202. The van der Waals surface area contributed by atoms with Gasteiger partial charge in [-0.05, 0) is 127 Å². The predicted molar refractivity (Wildman–Crippen MR) is 189 cm³/mol. The van der Waals surface area contributed by atoms with E-state index in [2.05, 4.69) is 70.5 Å². The second-order valence-electron chi connectivity index (χ2n) is 17.6. The number of benzene rings is 1. The quantitative estimate of drug-likeness (QED) is 0.196. The average molecular weight is 648 g/mol. The molecule has 0 radical (unpaired) electrons. The molecule has 7 heteroatoms. The van der Waals surface area contributed by atoms with Crippen molar-refractivity contribution in [3.63, 3.8) is 0 Å². The van der Waals surface area contributed by atoms with E-state index in [-0.39, 0.29) is 50.9 Å². The molecule has 46 heavy (non-hydrogen) atoms. The number of carbonyl (C=O) groups is 2. The zero-order chi connectivity index (χ0) is 33.3. The smallest absolute Gasteiger partial charge is 0.226 e. The number of hydrogen-bond donors (Lipinski definition) is 4. The molecule has 0 unspecified atom stereocenters. The van der Waals surface area contributed by atoms with E-state index in [0.29, 0.717) is 29.9 Å². The number of aliphatic hydroxyl groups excluding tert-OH is 1. The SMILES string of the molecule is CC1(C)[C@@H](O)CC[C@]2(C)[C@H]3C(=O)C=C4[C@@H]5C[C@@](C)(C(=O)NCCNC(=S)Nc6ccccc6)CC[C@]5(C)CC[C@@]4(C)[C@]3(C)CC[C@@H]12.